The average molecular weight is 259 g/mol. The van der Waals surface area contributed by atoms with Gasteiger partial charge < -0.3 is 10.6 Å². The van der Waals surface area contributed by atoms with Gasteiger partial charge in [-0.2, -0.15) is 5.10 Å². The number of nitrogens with one attached hydrogen (secondary N) is 2. The lowest BCUT2D eigenvalue weighted by Crippen LogP contribution is -2.31. The van der Waals surface area contributed by atoms with Crippen molar-refractivity contribution in [2.45, 2.75) is 6.92 Å². The first-order valence-corrected chi connectivity index (χ1v) is 6.25. The number of hydrogen-bond donors (Lipinski definition) is 2. The molecule has 2 rings (SSSR count). The van der Waals surface area contributed by atoms with Crippen molar-refractivity contribution in [2.24, 2.45) is 0 Å². The van der Waals surface area contributed by atoms with E-state index < -0.39 is 0 Å². The third-order valence-electron chi connectivity index (χ3n) is 2.63. The van der Waals surface area contributed by atoms with E-state index in [1.54, 1.807) is 23.1 Å². The Morgan fingerprint density at radius 2 is 2.26 bits per heavy atom. The number of nitrogens with zero attached hydrogens (tertiary/aromatic N) is 3. The number of benzene rings is 1. The number of aromatic nitrogens is 3. The van der Waals surface area contributed by atoms with Gasteiger partial charge in [-0.05, 0) is 24.7 Å². The number of hydrogen-bond acceptors (Lipinski definition) is 4. The Morgan fingerprint density at radius 1 is 1.37 bits per heavy atom. The first kappa shape index (κ1) is 13.2. The van der Waals surface area contributed by atoms with Crippen LogP contribution in [0, 0.1) is 0 Å². The van der Waals surface area contributed by atoms with Crippen molar-refractivity contribution in [3.05, 3.63) is 42.5 Å². The number of rotatable bonds is 6. The molecule has 0 atom stereocenters. The predicted molar refractivity (Wildman–Crippen MR) is 72.2 cm³/mol. The molecule has 1 aromatic heterocycles. The second-order valence-corrected chi connectivity index (χ2v) is 4.00. The number of carbonyl (C=O) groups excluding carboxylic acids is 1. The molecule has 0 aliphatic rings. The average Bonchev–Trinajstić information content (AvgIpc) is 2.98. The standard InChI is InChI=1S/C13H17N5O/c1-2-14-6-7-16-13(19)11-4-3-5-12(8-11)18-10-15-9-17-18/h3-5,8-10,14H,2,6-7H2,1H3,(H,16,19). The lowest BCUT2D eigenvalue weighted by Gasteiger charge is -2.07. The van der Waals surface area contributed by atoms with Gasteiger partial charge in [0, 0.05) is 18.7 Å². The van der Waals surface area contributed by atoms with Gasteiger partial charge in [0.05, 0.1) is 5.69 Å². The summed E-state index contributed by atoms with van der Waals surface area (Å²) in [5.74, 6) is -0.0835. The second kappa shape index (κ2) is 6.65. The first-order valence-electron chi connectivity index (χ1n) is 6.25. The Bertz CT molecular complexity index is 524. The minimum Gasteiger partial charge on any atom is -0.351 e. The summed E-state index contributed by atoms with van der Waals surface area (Å²) >= 11 is 0. The molecule has 2 aromatic rings. The predicted octanol–water partition coefficient (Wildman–Crippen LogP) is 0.607. The lowest BCUT2D eigenvalue weighted by molar-refractivity contribution is 0.0954. The highest BCUT2D eigenvalue weighted by atomic mass is 16.1. The zero-order valence-electron chi connectivity index (χ0n) is 10.8. The summed E-state index contributed by atoms with van der Waals surface area (Å²) in [5, 5.41) is 10.0. The van der Waals surface area contributed by atoms with Crippen LogP contribution in [0.15, 0.2) is 36.9 Å². The molecular formula is C13H17N5O. The molecule has 1 heterocycles. The van der Waals surface area contributed by atoms with Gasteiger partial charge in [-0.15, -0.1) is 0 Å². The monoisotopic (exact) mass is 259 g/mol. The third kappa shape index (κ3) is 3.62. The summed E-state index contributed by atoms with van der Waals surface area (Å²) in [5.41, 5.74) is 1.43. The highest BCUT2D eigenvalue weighted by Gasteiger charge is 2.06. The van der Waals surface area contributed by atoms with Crippen LogP contribution in [-0.4, -0.2) is 40.3 Å². The van der Waals surface area contributed by atoms with Gasteiger partial charge in [-0.3, -0.25) is 4.79 Å². The molecule has 1 amide bonds. The van der Waals surface area contributed by atoms with E-state index >= 15 is 0 Å². The van der Waals surface area contributed by atoms with Gasteiger partial charge in [-0.25, -0.2) is 9.67 Å². The fourth-order valence-corrected chi connectivity index (χ4v) is 1.67. The van der Waals surface area contributed by atoms with Crippen LogP contribution in [-0.2, 0) is 0 Å². The second-order valence-electron chi connectivity index (χ2n) is 4.00. The molecule has 1 aromatic carbocycles. The van der Waals surface area contributed by atoms with E-state index in [1.165, 1.54) is 6.33 Å². The summed E-state index contributed by atoms with van der Waals surface area (Å²) in [7, 11) is 0. The van der Waals surface area contributed by atoms with E-state index in [0.29, 0.717) is 12.1 Å². The minimum atomic E-state index is -0.0835. The van der Waals surface area contributed by atoms with Crippen LogP contribution < -0.4 is 10.6 Å². The molecule has 0 bridgehead atoms. The summed E-state index contributed by atoms with van der Waals surface area (Å²) in [6.07, 6.45) is 3.06. The van der Waals surface area contributed by atoms with Crippen molar-refractivity contribution in [2.75, 3.05) is 19.6 Å². The van der Waals surface area contributed by atoms with Crippen molar-refractivity contribution >= 4 is 5.91 Å². The normalized spacial score (nSPS) is 10.4. The fourth-order valence-electron chi connectivity index (χ4n) is 1.67. The van der Waals surface area contributed by atoms with Gasteiger partial charge in [0.25, 0.3) is 5.91 Å². The number of carbonyl (C=O) groups is 1. The summed E-state index contributed by atoms with van der Waals surface area (Å²) in [6, 6.07) is 7.28. The molecule has 0 radical (unpaired) electrons. The van der Waals surface area contributed by atoms with Crippen LogP contribution in [0.25, 0.3) is 5.69 Å². The highest BCUT2D eigenvalue weighted by molar-refractivity contribution is 5.94. The third-order valence-corrected chi connectivity index (χ3v) is 2.63. The summed E-state index contributed by atoms with van der Waals surface area (Å²) in [4.78, 5) is 15.8. The van der Waals surface area contributed by atoms with E-state index in [0.717, 1.165) is 18.8 Å². The van der Waals surface area contributed by atoms with E-state index in [-0.39, 0.29) is 5.91 Å². The van der Waals surface area contributed by atoms with Crippen molar-refractivity contribution in [1.29, 1.82) is 0 Å². The Morgan fingerprint density at radius 3 is 3.00 bits per heavy atom. The molecule has 0 saturated heterocycles. The van der Waals surface area contributed by atoms with Crippen LogP contribution in [0.1, 0.15) is 17.3 Å². The maximum Gasteiger partial charge on any atom is 0.251 e. The molecule has 0 spiro atoms. The molecule has 0 aliphatic heterocycles. The van der Waals surface area contributed by atoms with Crippen LogP contribution >= 0.6 is 0 Å². The van der Waals surface area contributed by atoms with Gasteiger partial charge in [0.2, 0.25) is 0 Å². The molecular weight excluding hydrogens is 242 g/mol. The first-order chi connectivity index (χ1) is 9.31. The summed E-state index contributed by atoms with van der Waals surface area (Å²) in [6.45, 7) is 4.31. The van der Waals surface area contributed by atoms with Crippen molar-refractivity contribution in [3.63, 3.8) is 0 Å². The molecule has 19 heavy (non-hydrogen) atoms. The Hall–Kier alpha value is -2.21. The SMILES string of the molecule is CCNCCNC(=O)c1cccc(-n2cncn2)c1. The Labute approximate surface area is 111 Å². The maximum absolute atomic E-state index is 11.9. The van der Waals surface area contributed by atoms with E-state index in [4.69, 9.17) is 0 Å². The maximum atomic E-state index is 11.9. The van der Waals surface area contributed by atoms with Gasteiger partial charge >= 0.3 is 0 Å². The van der Waals surface area contributed by atoms with Crippen molar-refractivity contribution in [1.82, 2.24) is 25.4 Å². The molecule has 100 valence electrons. The Kier molecular flexibility index (Phi) is 4.63. The van der Waals surface area contributed by atoms with Crippen LogP contribution in [0.2, 0.25) is 0 Å². The number of likely N-dealkylation sites (N-methyl/N-ethyl adjacent to an activating group) is 1. The van der Waals surface area contributed by atoms with E-state index in [9.17, 15) is 4.79 Å². The largest absolute Gasteiger partial charge is 0.351 e. The van der Waals surface area contributed by atoms with E-state index in [1.807, 2.05) is 19.1 Å². The minimum absolute atomic E-state index is 0.0835. The summed E-state index contributed by atoms with van der Waals surface area (Å²) < 4.78 is 1.62. The highest BCUT2D eigenvalue weighted by Crippen LogP contribution is 2.08. The van der Waals surface area contributed by atoms with Gasteiger partial charge in [0.15, 0.2) is 0 Å². The molecule has 0 fully saturated rings. The quantitative estimate of drug-likeness (QED) is 0.745. The molecule has 0 unspecified atom stereocenters. The smallest absolute Gasteiger partial charge is 0.251 e. The molecule has 6 nitrogen and oxygen atoms in total. The topological polar surface area (TPSA) is 71.8 Å². The van der Waals surface area contributed by atoms with Gasteiger partial charge in [0.1, 0.15) is 12.7 Å². The Balaban J connectivity index is 2.00. The molecule has 0 saturated carbocycles. The van der Waals surface area contributed by atoms with Crippen LogP contribution in [0.4, 0.5) is 0 Å². The lowest BCUT2D eigenvalue weighted by atomic mass is 10.2. The molecule has 6 heteroatoms. The number of amides is 1. The van der Waals surface area contributed by atoms with Crippen LogP contribution in [0.3, 0.4) is 0 Å². The zero-order chi connectivity index (χ0) is 13.5. The zero-order valence-corrected chi connectivity index (χ0v) is 10.8. The van der Waals surface area contributed by atoms with Crippen LogP contribution in [0.5, 0.6) is 0 Å². The van der Waals surface area contributed by atoms with Crippen molar-refractivity contribution in [3.8, 4) is 5.69 Å². The van der Waals surface area contributed by atoms with E-state index in [2.05, 4.69) is 20.7 Å². The van der Waals surface area contributed by atoms with Gasteiger partial charge in [-0.1, -0.05) is 13.0 Å². The molecule has 2 N–H and O–H groups in total. The fraction of sp³-hybridized carbons (Fsp3) is 0.308. The molecule has 0 aliphatic carbocycles. The van der Waals surface area contributed by atoms with Crippen molar-refractivity contribution < 1.29 is 4.79 Å².